The maximum Gasteiger partial charge on any atom is 0.0929 e. The Kier molecular flexibility index (Phi) is 6.92. The van der Waals surface area contributed by atoms with E-state index in [1.165, 1.54) is 0 Å². The molecule has 0 spiro atoms. The summed E-state index contributed by atoms with van der Waals surface area (Å²) in [6.07, 6.45) is -0.790. The molecule has 0 aromatic heterocycles. The summed E-state index contributed by atoms with van der Waals surface area (Å²) in [7, 11) is 1.55. The lowest BCUT2D eigenvalue weighted by atomic mass is 10.1. The Morgan fingerprint density at radius 1 is 1.39 bits per heavy atom. The molecular formula is C12H17Cl2NO3. The van der Waals surface area contributed by atoms with E-state index in [0.717, 1.165) is 0 Å². The van der Waals surface area contributed by atoms with E-state index in [9.17, 15) is 5.11 Å². The molecule has 0 radical (unpaired) electrons. The van der Waals surface area contributed by atoms with Crippen molar-refractivity contribution in [3.05, 3.63) is 33.8 Å². The minimum atomic E-state index is -0.790. The predicted octanol–water partition coefficient (Wildman–Crippen LogP) is 1.62. The van der Waals surface area contributed by atoms with Gasteiger partial charge in [0.2, 0.25) is 0 Å². The average Bonchev–Trinajstić information content (AvgIpc) is 2.37. The van der Waals surface area contributed by atoms with Gasteiger partial charge in [-0.3, -0.25) is 0 Å². The molecule has 2 atom stereocenters. The maximum atomic E-state index is 10.0. The van der Waals surface area contributed by atoms with Crippen molar-refractivity contribution in [3.63, 3.8) is 0 Å². The molecule has 0 saturated heterocycles. The fraction of sp³-hybridized carbons (Fsp3) is 0.500. The molecule has 4 nitrogen and oxygen atoms in total. The van der Waals surface area contributed by atoms with Crippen molar-refractivity contribution in [2.24, 2.45) is 0 Å². The summed E-state index contributed by atoms with van der Waals surface area (Å²) in [5, 5.41) is 23.0. The molecule has 6 heteroatoms. The second-order valence-corrected chi connectivity index (χ2v) is 4.77. The number of methoxy groups -OCH3 is 1. The number of hydrogen-bond donors (Lipinski definition) is 3. The van der Waals surface area contributed by atoms with E-state index < -0.39 is 6.10 Å². The van der Waals surface area contributed by atoms with Gasteiger partial charge in [0.1, 0.15) is 0 Å². The van der Waals surface area contributed by atoms with Crippen molar-refractivity contribution in [1.29, 1.82) is 0 Å². The fourth-order valence-electron chi connectivity index (χ4n) is 1.54. The van der Waals surface area contributed by atoms with E-state index in [0.29, 0.717) is 22.2 Å². The van der Waals surface area contributed by atoms with Gasteiger partial charge in [-0.1, -0.05) is 23.2 Å². The van der Waals surface area contributed by atoms with Crippen LogP contribution in [0.5, 0.6) is 0 Å². The monoisotopic (exact) mass is 293 g/mol. The first-order valence-electron chi connectivity index (χ1n) is 5.54. The third-order valence-corrected chi connectivity index (χ3v) is 3.08. The molecule has 0 amide bonds. The normalized spacial score (nSPS) is 14.5. The van der Waals surface area contributed by atoms with E-state index >= 15 is 0 Å². The minimum absolute atomic E-state index is 0.0656. The van der Waals surface area contributed by atoms with Crippen molar-refractivity contribution in [3.8, 4) is 0 Å². The highest BCUT2D eigenvalue weighted by Crippen LogP contribution is 2.25. The molecule has 0 aliphatic heterocycles. The van der Waals surface area contributed by atoms with Crippen molar-refractivity contribution in [1.82, 2.24) is 5.32 Å². The van der Waals surface area contributed by atoms with Crippen LogP contribution >= 0.6 is 23.2 Å². The van der Waals surface area contributed by atoms with Gasteiger partial charge in [0.15, 0.2) is 0 Å². The first-order valence-corrected chi connectivity index (χ1v) is 6.30. The molecule has 0 aliphatic rings. The highest BCUT2D eigenvalue weighted by molar-refractivity contribution is 6.33. The summed E-state index contributed by atoms with van der Waals surface area (Å²) in [4.78, 5) is 0. The van der Waals surface area contributed by atoms with E-state index in [4.69, 9.17) is 33.0 Å². The molecule has 1 aromatic rings. The number of hydrogen-bond acceptors (Lipinski definition) is 4. The van der Waals surface area contributed by atoms with Crippen molar-refractivity contribution in [2.45, 2.75) is 12.1 Å². The number of ether oxygens (including phenoxy) is 1. The zero-order valence-corrected chi connectivity index (χ0v) is 11.6. The van der Waals surface area contributed by atoms with Gasteiger partial charge in [0.05, 0.1) is 25.4 Å². The van der Waals surface area contributed by atoms with Gasteiger partial charge in [-0.05, 0) is 18.2 Å². The van der Waals surface area contributed by atoms with Crippen LogP contribution in [-0.4, -0.2) is 43.1 Å². The van der Waals surface area contributed by atoms with Crippen molar-refractivity contribution >= 4 is 23.2 Å². The zero-order valence-electron chi connectivity index (χ0n) is 10.1. The van der Waals surface area contributed by atoms with Gasteiger partial charge in [0, 0.05) is 29.3 Å². The molecule has 2 unspecified atom stereocenters. The summed E-state index contributed by atoms with van der Waals surface area (Å²) >= 11 is 11.8. The Bertz CT molecular complexity index is 376. The Morgan fingerprint density at radius 3 is 2.72 bits per heavy atom. The van der Waals surface area contributed by atoms with Crippen LogP contribution < -0.4 is 5.32 Å². The standard InChI is InChI=1S/C12H17Cl2NO3/c1-18-7-9(6-16)15-5-12(17)10-4-8(13)2-3-11(10)14/h2-4,9,12,15-17H,5-7H2,1H3. The van der Waals surface area contributed by atoms with Gasteiger partial charge < -0.3 is 20.3 Å². The molecule has 0 aliphatic carbocycles. The summed E-state index contributed by atoms with van der Waals surface area (Å²) in [6.45, 7) is 0.561. The molecule has 102 valence electrons. The average molecular weight is 294 g/mol. The van der Waals surface area contributed by atoms with Crippen LogP contribution in [0, 0.1) is 0 Å². The Labute approximate surface area is 116 Å². The molecule has 0 fully saturated rings. The molecule has 0 heterocycles. The first kappa shape index (κ1) is 15.7. The maximum absolute atomic E-state index is 10.0. The van der Waals surface area contributed by atoms with Crippen molar-refractivity contribution in [2.75, 3.05) is 26.9 Å². The lowest BCUT2D eigenvalue weighted by Gasteiger charge is -2.19. The van der Waals surface area contributed by atoms with E-state index in [1.54, 1.807) is 25.3 Å². The minimum Gasteiger partial charge on any atom is -0.395 e. The lowest BCUT2D eigenvalue weighted by Crippen LogP contribution is -2.38. The Morgan fingerprint density at radius 2 is 2.11 bits per heavy atom. The van der Waals surface area contributed by atoms with Crippen LogP contribution in [0.3, 0.4) is 0 Å². The number of benzene rings is 1. The summed E-state index contributed by atoms with van der Waals surface area (Å²) in [6, 6.07) is 4.71. The number of halogens is 2. The van der Waals surface area contributed by atoms with Gasteiger partial charge >= 0.3 is 0 Å². The van der Waals surface area contributed by atoms with Crippen LogP contribution in [-0.2, 0) is 4.74 Å². The smallest absolute Gasteiger partial charge is 0.0929 e. The van der Waals surface area contributed by atoms with E-state index in [-0.39, 0.29) is 19.2 Å². The number of aliphatic hydroxyl groups is 2. The fourth-order valence-corrected chi connectivity index (χ4v) is 1.96. The van der Waals surface area contributed by atoms with Gasteiger partial charge in [-0.2, -0.15) is 0 Å². The molecule has 1 aromatic carbocycles. The molecule has 18 heavy (non-hydrogen) atoms. The molecule has 1 rings (SSSR count). The lowest BCUT2D eigenvalue weighted by molar-refractivity contribution is 0.111. The predicted molar refractivity (Wildman–Crippen MR) is 72.2 cm³/mol. The highest BCUT2D eigenvalue weighted by Gasteiger charge is 2.14. The van der Waals surface area contributed by atoms with Crippen molar-refractivity contribution < 1.29 is 14.9 Å². The molecule has 0 bridgehead atoms. The third kappa shape index (κ3) is 4.72. The molecule has 3 N–H and O–H groups in total. The summed E-state index contributed by atoms with van der Waals surface area (Å²) < 4.78 is 4.92. The summed E-state index contributed by atoms with van der Waals surface area (Å²) in [5.74, 6) is 0. The van der Waals surface area contributed by atoms with Gasteiger partial charge in [0.25, 0.3) is 0 Å². The van der Waals surface area contributed by atoms with Gasteiger partial charge in [-0.15, -0.1) is 0 Å². The Hall–Kier alpha value is -0.360. The van der Waals surface area contributed by atoms with Crippen LogP contribution in [0.2, 0.25) is 10.0 Å². The molecular weight excluding hydrogens is 277 g/mol. The van der Waals surface area contributed by atoms with Gasteiger partial charge in [-0.25, -0.2) is 0 Å². The SMILES string of the molecule is COCC(CO)NCC(O)c1cc(Cl)ccc1Cl. The number of rotatable bonds is 7. The zero-order chi connectivity index (χ0) is 13.5. The van der Waals surface area contributed by atoms with E-state index in [1.807, 2.05) is 0 Å². The molecule has 0 saturated carbocycles. The quantitative estimate of drug-likeness (QED) is 0.715. The third-order valence-electron chi connectivity index (χ3n) is 2.51. The second kappa shape index (κ2) is 7.94. The van der Waals surface area contributed by atoms with Crippen LogP contribution in [0.25, 0.3) is 0 Å². The second-order valence-electron chi connectivity index (χ2n) is 3.92. The first-order chi connectivity index (χ1) is 8.58. The van der Waals surface area contributed by atoms with Crippen LogP contribution in [0.1, 0.15) is 11.7 Å². The van der Waals surface area contributed by atoms with Crippen LogP contribution in [0.15, 0.2) is 18.2 Å². The van der Waals surface area contributed by atoms with E-state index in [2.05, 4.69) is 5.32 Å². The Balaban J connectivity index is 2.59. The number of aliphatic hydroxyl groups excluding tert-OH is 2. The largest absolute Gasteiger partial charge is 0.395 e. The van der Waals surface area contributed by atoms with Crippen LogP contribution in [0.4, 0.5) is 0 Å². The topological polar surface area (TPSA) is 61.7 Å². The number of nitrogens with one attached hydrogen (secondary N) is 1. The highest BCUT2D eigenvalue weighted by atomic mass is 35.5. The summed E-state index contributed by atoms with van der Waals surface area (Å²) in [5.41, 5.74) is 0.561.